The van der Waals surface area contributed by atoms with E-state index < -0.39 is 20.5 Å². The molecule has 0 N–H and O–H groups in total. The third-order valence-electron chi connectivity index (χ3n) is 7.48. The summed E-state index contributed by atoms with van der Waals surface area (Å²) in [5.41, 5.74) is 0.807. The second-order valence-electron chi connectivity index (χ2n) is 10.8. The van der Waals surface area contributed by atoms with Crippen LogP contribution in [0.5, 0.6) is 11.5 Å². The number of hydrogen-bond acceptors (Lipinski definition) is 9. The van der Waals surface area contributed by atoms with E-state index in [1.807, 2.05) is 4.90 Å². The third-order valence-corrected chi connectivity index (χ3v) is 9.56. The summed E-state index contributed by atoms with van der Waals surface area (Å²) in [6, 6.07) is 10.9. The van der Waals surface area contributed by atoms with Crippen molar-refractivity contribution in [3.63, 3.8) is 0 Å². The number of hydrogen-bond donors (Lipinski definition) is 0. The van der Waals surface area contributed by atoms with Gasteiger partial charge >= 0.3 is 11.2 Å². The molecule has 3 aromatic rings. The summed E-state index contributed by atoms with van der Waals surface area (Å²) < 4.78 is 40.7. The minimum atomic E-state index is -3.74. The number of rotatable bonds is 11. The number of halogens is 1. The lowest BCUT2D eigenvalue weighted by Crippen LogP contribution is -2.49. The maximum atomic E-state index is 13.6. The van der Waals surface area contributed by atoms with Crippen LogP contribution in [0.15, 0.2) is 53.5 Å². The van der Waals surface area contributed by atoms with Gasteiger partial charge in [-0.05, 0) is 49.6 Å². The smallest absolute Gasteiger partial charge is 0.316 e. The fourth-order valence-corrected chi connectivity index (χ4v) is 6.45. The van der Waals surface area contributed by atoms with E-state index in [9.17, 15) is 23.3 Å². The quantitative estimate of drug-likeness (QED) is 0.231. The molecule has 0 spiro atoms. The summed E-state index contributed by atoms with van der Waals surface area (Å²) in [7, 11) is -3.74. The topological polar surface area (TPSA) is 137 Å². The number of nitro benzene ring substituents is 1. The highest BCUT2D eigenvalue weighted by Crippen LogP contribution is 2.45. The number of nitro groups is 1. The molecule has 2 heterocycles. The maximum Gasteiger partial charge on any atom is 0.316 e. The van der Waals surface area contributed by atoms with Gasteiger partial charge in [-0.3, -0.25) is 14.9 Å². The summed E-state index contributed by atoms with van der Waals surface area (Å²) >= 11 is 6.14. The molecule has 2 fully saturated rings. The summed E-state index contributed by atoms with van der Waals surface area (Å²) in [5.74, 6) is -0.119. The number of aromatic nitrogens is 2. The van der Waals surface area contributed by atoms with E-state index in [1.54, 1.807) is 37.4 Å². The van der Waals surface area contributed by atoms with Gasteiger partial charge in [0.25, 0.3) is 0 Å². The summed E-state index contributed by atoms with van der Waals surface area (Å²) in [5, 5.41) is 16.1. The molecule has 1 aliphatic heterocycles. The number of benzene rings is 2. The van der Waals surface area contributed by atoms with Gasteiger partial charge < -0.3 is 14.4 Å². The predicted molar refractivity (Wildman–Crippen MR) is 158 cm³/mol. The van der Waals surface area contributed by atoms with Crippen molar-refractivity contribution in [1.82, 2.24) is 14.1 Å². The zero-order valence-electron chi connectivity index (χ0n) is 23.4. The van der Waals surface area contributed by atoms with Gasteiger partial charge in [0, 0.05) is 42.7 Å². The first-order chi connectivity index (χ1) is 20.0. The molecule has 0 amide bonds. The van der Waals surface area contributed by atoms with Crippen LogP contribution < -0.4 is 19.9 Å². The van der Waals surface area contributed by atoms with Gasteiger partial charge in [-0.15, -0.1) is 0 Å². The van der Waals surface area contributed by atoms with E-state index in [1.165, 1.54) is 27.2 Å². The van der Waals surface area contributed by atoms with E-state index in [4.69, 9.17) is 21.1 Å². The fourth-order valence-electron chi connectivity index (χ4n) is 4.77. The molecule has 224 valence electrons. The molecule has 12 nitrogen and oxygen atoms in total. The van der Waals surface area contributed by atoms with Crippen LogP contribution in [0, 0.1) is 15.5 Å². The normalized spacial score (nSPS) is 16.7. The van der Waals surface area contributed by atoms with Gasteiger partial charge in [-0.2, -0.15) is 14.1 Å². The van der Waals surface area contributed by atoms with Crippen LogP contribution >= 0.6 is 11.6 Å². The molecule has 5 rings (SSSR count). The Hall–Kier alpha value is -3.68. The molecule has 2 aromatic carbocycles. The highest BCUT2D eigenvalue weighted by atomic mass is 35.5. The molecular formula is C28H32ClN5O7S. The highest BCUT2D eigenvalue weighted by molar-refractivity contribution is 7.88. The Morgan fingerprint density at radius 3 is 2.48 bits per heavy atom. The molecular weight excluding hydrogens is 586 g/mol. The molecule has 42 heavy (non-hydrogen) atoms. The Morgan fingerprint density at radius 2 is 1.83 bits per heavy atom. The average Bonchev–Trinajstić information content (AvgIpc) is 3.69. The van der Waals surface area contributed by atoms with Crippen molar-refractivity contribution in [3.8, 4) is 17.2 Å². The van der Waals surface area contributed by atoms with Gasteiger partial charge in [0.1, 0.15) is 5.69 Å². The Balaban J connectivity index is 1.34. The molecule has 1 aromatic heterocycles. The van der Waals surface area contributed by atoms with Crippen molar-refractivity contribution in [3.05, 3.63) is 79.7 Å². The van der Waals surface area contributed by atoms with Gasteiger partial charge in [-0.1, -0.05) is 30.7 Å². The molecule has 0 bridgehead atoms. The van der Waals surface area contributed by atoms with Crippen LogP contribution in [0.1, 0.15) is 32.3 Å². The van der Waals surface area contributed by atoms with Gasteiger partial charge in [0.2, 0.25) is 15.8 Å². The molecule has 0 radical (unpaired) electrons. The Kier molecular flexibility index (Phi) is 8.44. The molecule has 1 saturated heterocycles. The summed E-state index contributed by atoms with van der Waals surface area (Å²) in [4.78, 5) is 26.2. The van der Waals surface area contributed by atoms with Crippen molar-refractivity contribution in [1.29, 1.82) is 0 Å². The van der Waals surface area contributed by atoms with Crippen molar-refractivity contribution < 1.29 is 22.8 Å². The Morgan fingerprint density at radius 1 is 1.10 bits per heavy atom. The molecule has 2 aliphatic rings. The lowest BCUT2D eigenvalue weighted by Gasteiger charge is -2.35. The Labute approximate surface area is 248 Å². The van der Waals surface area contributed by atoms with E-state index in [-0.39, 0.29) is 48.1 Å². The fraction of sp³-hybridized carbons (Fsp3) is 0.429. The number of nitrogens with zero attached hydrogens (tertiary/aromatic N) is 5. The van der Waals surface area contributed by atoms with Crippen molar-refractivity contribution in [2.45, 2.75) is 32.4 Å². The second-order valence-corrected chi connectivity index (χ2v) is 13.2. The molecule has 0 unspecified atom stereocenters. The van der Waals surface area contributed by atoms with Gasteiger partial charge in [-0.25, -0.2) is 8.42 Å². The van der Waals surface area contributed by atoms with Crippen LogP contribution in [-0.2, 0) is 15.8 Å². The van der Waals surface area contributed by atoms with Crippen molar-refractivity contribution in [2.75, 3.05) is 44.3 Å². The van der Waals surface area contributed by atoms with E-state index in [0.29, 0.717) is 41.7 Å². The summed E-state index contributed by atoms with van der Waals surface area (Å²) in [6.07, 6.45) is 3.61. The number of anilines is 1. The maximum absolute atomic E-state index is 13.6. The zero-order chi connectivity index (χ0) is 30.1. The first-order valence-corrected chi connectivity index (χ1v) is 15.6. The lowest BCUT2D eigenvalue weighted by atomic mass is 10.2. The third kappa shape index (κ3) is 6.53. The largest absolute Gasteiger partial charge is 0.487 e. The van der Waals surface area contributed by atoms with E-state index >= 15 is 0 Å². The molecule has 0 atom stereocenters. The zero-order valence-corrected chi connectivity index (χ0v) is 24.9. The van der Waals surface area contributed by atoms with Gasteiger partial charge in [0.15, 0.2) is 5.75 Å². The summed E-state index contributed by atoms with van der Waals surface area (Å²) in [6.45, 7) is 5.41. The van der Waals surface area contributed by atoms with Crippen molar-refractivity contribution >= 4 is 33.0 Å². The SMILES string of the molecule is CCOc1cc(CS(=O)(=O)N2CCN(c3cnn(-c4cccc(Cl)c4)c(=O)c3OCC3(C)CC3)CC2)ccc1[N+](=O)[O-]. The second kappa shape index (κ2) is 11.9. The van der Waals surface area contributed by atoms with Crippen LogP contribution in [0.4, 0.5) is 11.4 Å². The number of ether oxygens (including phenoxy) is 2. The first kappa shape index (κ1) is 29.8. The number of sulfonamides is 1. The first-order valence-electron chi connectivity index (χ1n) is 13.6. The monoisotopic (exact) mass is 617 g/mol. The molecule has 1 aliphatic carbocycles. The van der Waals surface area contributed by atoms with Crippen LogP contribution in [-0.4, -0.2) is 66.8 Å². The predicted octanol–water partition coefficient (Wildman–Crippen LogP) is 4.02. The van der Waals surface area contributed by atoms with Crippen molar-refractivity contribution in [2.24, 2.45) is 5.41 Å². The van der Waals surface area contributed by atoms with Gasteiger partial charge in [0.05, 0.1) is 35.8 Å². The Bertz CT molecular complexity index is 1650. The van der Waals surface area contributed by atoms with E-state index in [2.05, 4.69) is 12.0 Å². The van der Waals surface area contributed by atoms with Crippen LogP contribution in [0.2, 0.25) is 5.02 Å². The minimum absolute atomic E-state index is 0.0283. The lowest BCUT2D eigenvalue weighted by molar-refractivity contribution is -0.385. The average molecular weight is 618 g/mol. The minimum Gasteiger partial charge on any atom is -0.487 e. The number of piperazine rings is 1. The standard InChI is InChI=1S/C28H32ClN5O7S/c1-3-40-25-15-20(7-8-23(25)34(36)37)18-42(38,39)32-13-11-31(12-14-32)24-17-30-33(22-6-4-5-21(29)16-22)27(35)26(24)41-19-28(2)9-10-28/h4-8,15-17H,3,9-14,18-19H2,1-2H3. The molecule has 14 heteroatoms. The van der Waals surface area contributed by atoms with E-state index in [0.717, 1.165) is 12.8 Å². The van der Waals surface area contributed by atoms with Crippen LogP contribution in [0.25, 0.3) is 5.69 Å². The van der Waals surface area contributed by atoms with Crippen LogP contribution in [0.3, 0.4) is 0 Å². The highest BCUT2D eigenvalue weighted by Gasteiger charge is 2.39. The molecule has 1 saturated carbocycles.